The highest BCUT2D eigenvalue weighted by Crippen LogP contribution is 2.24. The number of pyridine rings is 1. The Bertz CT molecular complexity index is 920. The first-order chi connectivity index (χ1) is 14.5. The highest BCUT2D eigenvalue weighted by molar-refractivity contribution is 6.10. The van der Waals surface area contributed by atoms with Gasteiger partial charge in [-0.3, -0.25) is 15.0 Å². The maximum Gasteiger partial charge on any atom is 0.422 e. The van der Waals surface area contributed by atoms with Gasteiger partial charge in [0.1, 0.15) is 5.67 Å². The van der Waals surface area contributed by atoms with Gasteiger partial charge in [0.05, 0.1) is 29.9 Å². The molecule has 0 saturated heterocycles. The van der Waals surface area contributed by atoms with Gasteiger partial charge in [-0.1, -0.05) is 12.6 Å². The summed E-state index contributed by atoms with van der Waals surface area (Å²) < 4.78 is 55.3. The van der Waals surface area contributed by atoms with E-state index in [4.69, 9.17) is 0 Å². The summed E-state index contributed by atoms with van der Waals surface area (Å²) in [5.41, 5.74) is 1.08. The Balaban J connectivity index is 2.19. The molecule has 166 valence electrons. The second-order valence-corrected chi connectivity index (χ2v) is 7.11. The van der Waals surface area contributed by atoms with Crippen molar-refractivity contribution in [2.24, 2.45) is 10.1 Å². The Morgan fingerprint density at radius 3 is 2.55 bits per heavy atom. The molecule has 9 heteroatoms. The molecule has 0 amide bonds. The Morgan fingerprint density at radius 2 is 1.97 bits per heavy atom. The van der Waals surface area contributed by atoms with E-state index in [1.165, 1.54) is 32.3 Å². The molecule has 1 aliphatic rings. The Hall–Kier alpha value is -3.23. The summed E-state index contributed by atoms with van der Waals surface area (Å²) in [5.74, 6) is 0. The normalized spacial score (nSPS) is 15.8. The maximum atomic E-state index is 14.0. The van der Waals surface area contributed by atoms with Crippen molar-refractivity contribution in [1.29, 1.82) is 0 Å². The van der Waals surface area contributed by atoms with Gasteiger partial charge >= 0.3 is 6.18 Å². The molecule has 0 bridgehead atoms. The van der Waals surface area contributed by atoms with Gasteiger partial charge in [-0.25, -0.2) is 4.39 Å². The fourth-order valence-corrected chi connectivity index (χ4v) is 2.44. The maximum absolute atomic E-state index is 14.0. The quantitative estimate of drug-likeness (QED) is 0.231. The molecular weight excluding hydrogens is 412 g/mol. The zero-order valence-electron chi connectivity index (χ0n) is 17.5. The molecule has 0 atom stereocenters. The van der Waals surface area contributed by atoms with Crippen molar-refractivity contribution in [3.05, 3.63) is 78.1 Å². The summed E-state index contributed by atoms with van der Waals surface area (Å²) in [6.07, 6.45) is 5.85. The van der Waals surface area contributed by atoms with Crippen LogP contribution in [0.1, 0.15) is 32.0 Å². The van der Waals surface area contributed by atoms with Crippen molar-refractivity contribution >= 4 is 11.9 Å². The van der Waals surface area contributed by atoms with E-state index in [1.54, 1.807) is 42.4 Å². The Kier molecular flexibility index (Phi) is 7.90. The van der Waals surface area contributed by atoms with Crippen LogP contribution in [-0.4, -0.2) is 34.7 Å². The molecule has 0 fully saturated rings. The highest BCUT2D eigenvalue weighted by Gasteiger charge is 2.27. The summed E-state index contributed by atoms with van der Waals surface area (Å²) in [6, 6.07) is 3.37. The van der Waals surface area contributed by atoms with Crippen molar-refractivity contribution < 1.29 is 22.3 Å². The average Bonchev–Trinajstić information content (AvgIpc) is 2.68. The van der Waals surface area contributed by atoms with Crippen LogP contribution in [0.2, 0.25) is 0 Å². The predicted octanol–water partition coefficient (Wildman–Crippen LogP) is 5.59. The zero-order chi connectivity index (χ0) is 23.1. The van der Waals surface area contributed by atoms with E-state index in [0.29, 0.717) is 29.2 Å². The predicted molar refractivity (Wildman–Crippen MR) is 113 cm³/mol. The van der Waals surface area contributed by atoms with Crippen LogP contribution in [0.25, 0.3) is 0 Å². The lowest BCUT2D eigenvalue weighted by atomic mass is 10.1. The first-order valence-corrected chi connectivity index (χ1v) is 9.40. The third-order valence-electron chi connectivity index (χ3n) is 4.01. The van der Waals surface area contributed by atoms with Crippen LogP contribution in [0.15, 0.2) is 77.0 Å². The molecular formula is C22H24F4N4O. The first kappa shape index (κ1) is 24.0. The summed E-state index contributed by atoms with van der Waals surface area (Å²) in [7, 11) is 0. The largest absolute Gasteiger partial charge is 0.492 e. The van der Waals surface area contributed by atoms with Crippen LogP contribution in [-0.2, 0) is 17.0 Å². The number of rotatable bonds is 8. The van der Waals surface area contributed by atoms with Gasteiger partial charge < -0.3 is 4.74 Å². The standard InChI is InChI=1S/C22H24F4N4O/c1-5-27-13-18(10-11-31-15-22(24,25)26)19-8-6-16(2)30(29-19)14-17-7-9-20(28-12-17)21(3,4)23/h5-13H,2,14-15H2,1,3-4H3/b11-10-,18-13+,27-5?. The van der Waals surface area contributed by atoms with Gasteiger partial charge in [0, 0.05) is 24.2 Å². The van der Waals surface area contributed by atoms with Gasteiger partial charge in [0.2, 0.25) is 0 Å². The summed E-state index contributed by atoms with van der Waals surface area (Å²) >= 11 is 0. The fourth-order valence-electron chi connectivity index (χ4n) is 2.44. The monoisotopic (exact) mass is 436 g/mol. The summed E-state index contributed by atoms with van der Waals surface area (Å²) in [6.45, 7) is 7.45. The number of halogens is 4. The van der Waals surface area contributed by atoms with E-state index in [2.05, 4.69) is 26.4 Å². The average molecular weight is 436 g/mol. The van der Waals surface area contributed by atoms with Crippen molar-refractivity contribution in [1.82, 2.24) is 9.99 Å². The van der Waals surface area contributed by atoms with Gasteiger partial charge in [-0.05, 0) is 50.6 Å². The SMILES string of the molecule is C=C1C=CC(C(/C=C\OCC(F)(F)F)=C/N=CC)=NN1Cc1ccc(C(C)(C)F)nc1. The lowest BCUT2D eigenvalue weighted by molar-refractivity contribution is -0.161. The van der Waals surface area contributed by atoms with Crippen LogP contribution in [0.3, 0.4) is 0 Å². The smallest absolute Gasteiger partial charge is 0.422 e. The number of hydrogen-bond acceptors (Lipinski definition) is 5. The molecule has 1 aliphatic heterocycles. The topological polar surface area (TPSA) is 50.1 Å². The number of nitrogens with zero attached hydrogens (tertiary/aromatic N) is 4. The molecule has 0 aliphatic carbocycles. The fraction of sp³-hybridized carbons (Fsp3) is 0.318. The number of hydrogen-bond donors (Lipinski definition) is 0. The van der Waals surface area contributed by atoms with E-state index in [-0.39, 0.29) is 0 Å². The number of alkyl halides is 4. The summed E-state index contributed by atoms with van der Waals surface area (Å²) in [5, 5.41) is 6.11. The highest BCUT2D eigenvalue weighted by atomic mass is 19.4. The minimum atomic E-state index is -4.42. The van der Waals surface area contributed by atoms with Crippen LogP contribution < -0.4 is 0 Å². The van der Waals surface area contributed by atoms with Crippen molar-refractivity contribution in [2.75, 3.05) is 6.61 Å². The van der Waals surface area contributed by atoms with Gasteiger partial charge in [-0.15, -0.1) is 0 Å². The molecule has 2 heterocycles. The third-order valence-corrected chi connectivity index (χ3v) is 4.01. The van der Waals surface area contributed by atoms with E-state index >= 15 is 0 Å². The van der Waals surface area contributed by atoms with Crippen molar-refractivity contribution in [3.63, 3.8) is 0 Å². The summed E-state index contributed by atoms with van der Waals surface area (Å²) in [4.78, 5) is 8.18. The van der Waals surface area contributed by atoms with E-state index < -0.39 is 18.5 Å². The lowest BCUT2D eigenvalue weighted by Gasteiger charge is -2.24. The lowest BCUT2D eigenvalue weighted by Crippen LogP contribution is -2.21. The van der Waals surface area contributed by atoms with E-state index in [1.807, 2.05) is 0 Å². The van der Waals surface area contributed by atoms with Crippen LogP contribution in [0.5, 0.6) is 0 Å². The second-order valence-electron chi connectivity index (χ2n) is 7.11. The minimum absolute atomic E-state index is 0.324. The van der Waals surface area contributed by atoms with Crippen LogP contribution in [0, 0.1) is 0 Å². The molecule has 0 aromatic carbocycles. The van der Waals surface area contributed by atoms with E-state index in [0.717, 1.165) is 11.8 Å². The molecule has 1 aromatic heterocycles. The molecule has 31 heavy (non-hydrogen) atoms. The third kappa shape index (κ3) is 7.84. The van der Waals surface area contributed by atoms with E-state index in [9.17, 15) is 17.6 Å². The zero-order valence-corrected chi connectivity index (χ0v) is 17.5. The molecule has 0 unspecified atom stereocenters. The van der Waals surface area contributed by atoms with Crippen molar-refractivity contribution in [3.8, 4) is 0 Å². The Morgan fingerprint density at radius 1 is 1.23 bits per heavy atom. The van der Waals surface area contributed by atoms with Crippen LogP contribution >= 0.6 is 0 Å². The van der Waals surface area contributed by atoms with Crippen LogP contribution in [0.4, 0.5) is 17.6 Å². The molecule has 0 N–H and O–H groups in total. The Labute approximate surface area is 178 Å². The van der Waals surface area contributed by atoms with Crippen molar-refractivity contribution in [2.45, 2.75) is 39.2 Å². The number of hydrazone groups is 1. The second kappa shape index (κ2) is 10.2. The number of ether oxygens (including phenoxy) is 1. The molecule has 2 rings (SSSR count). The number of aliphatic imine (C=N–C) groups is 1. The molecule has 1 aromatic rings. The molecule has 5 nitrogen and oxygen atoms in total. The number of allylic oxidation sites excluding steroid dienone is 4. The van der Waals surface area contributed by atoms with Gasteiger partial charge in [0.15, 0.2) is 6.61 Å². The number of aromatic nitrogens is 1. The molecule has 0 radical (unpaired) electrons. The van der Waals surface area contributed by atoms with Gasteiger partial charge in [0.25, 0.3) is 0 Å². The molecule has 0 spiro atoms. The minimum Gasteiger partial charge on any atom is -0.492 e. The molecule has 0 saturated carbocycles. The van der Waals surface area contributed by atoms with Gasteiger partial charge in [-0.2, -0.15) is 18.3 Å². The first-order valence-electron chi connectivity index (χ1n) is 9.40.